The van der Waals surface area contributed by atoms with Crippen molar-refractivity contribution in [3.8, 4) is 5.75 Å². The summed E-state index contributed by atoms with van der Waals surface area (Å²) >= 11 is 3.30. The van der Waals surface area contributed by atoms with Gasteiger partial charge in [0.15, 0.2) is 11.6 Å². The quantitative estimate of drug-likeness (QED) is 0.579. The predicted octanol–water partition coefficient (Wildman–Crippen LogP) is 2.53. The van der Waals surface area contributed by atoms with E-state index < -0.39 is 11.7 Å². The van der Waals surface area contributed by atoms with Crippen molar-refractivity contribution in [2.75, 3.05) is 17.9 Å². The number of methoxy groups -OCH3 is 1. The minimum Gasteiger partial charge on any atom is -0.497 e. The maximum absolute atomic E-state index is 14.0. The molecule has 0 spiro atoms. The van der Waals surface area contributed by atoms with Gasteiger partial charge in [-0.1, -0.05) is 15.9 Å². The molecule has 1 heterocycles. The van der Waals surface area contributed by atoms with Crippen LogP contribution in [-0.2, 0) is 0 Å². The molecule has 2 rings (SSSR count). The van der Waals surface area contributed by atoms with Crippen LogP contribution in [0.25, 0.3) is 0 Å². The lowest BCUT2D eigenvalue weighted by molar-refractivity contribution is 0.102. The Morgan fingerprint density at radius 2 is 2.19 bits per heavy atom. The predicted molar refractivity (Wildman–Crippen MR) is 80.7 cm³/mol. The number of carbonyl (C=O) groups excluding carboxylic acids is 1. The molecular formula is C13H12BrFN4O2. The van der Waals surface area contributed by atoms with E-state index in [1.54, 1.807) is 18.2 Å². The Balaban J connectivity index is 2.28. The van der Waals surface area contributed by atoms with Gasteiger partial charge in [-0.25, -0.2) is 15.2 Å². The van der Waals surface area contributed by atoms with E-state index in [-0.39, 0.29) is 11.4 Å². The molecule has 0 aliphatic carbocycles. The van der Waals surface area contributed by atoms with Gasteiger partial charge in [0.2, 0.25) is 0 Å². The van der Waals surface area contributed by atoms with E-state index >= 15 is 0 Å². The number of amides is 1. The first-order chi connectivity index (χ1) is 10.0. The van der Waals surface area contributed by atoms with E-state index in [0.717, 1.165) is 4.47 Å². The number of halogens is 2. The molecule has 4 N–H and O–H groups in total. The van der Waals surface area contributed by atoms with Crippen molar-refractivity contribution < 1.29 is 13.9 Å². The number of benzene rings is 1. The van der Waals surface area contributed by atoms with Gasteiger partial charge in [0, 0.05) is 22.4 Å². The molecule has 6 nitrogen and oxygen atoms in total. The molecule has 0 saturated carbocycles. The van der Waals surface area contributed by atoms with Crippen LogP contribution in [-0.4, -0.2) is 18.0 Å². The number of pyridine rings is 1. The van der Waals surface area contributed by atoms with Gasteiger partial charge in [0.1, 0.15) is 5.75 Å². The highest BCUT2D eigenvalue weighted by Gasteiger charge is 2.16. The van der Waals surface area contributed by atoms with Crippen molar-refractivity contribution >= 4 is 33.3 Å². The molecule has 1 aromatic carbocycles. The number of rotatable bonds is 4. The number of nitrogens with one attached hydrogen (secondary N) is 2. The normalized spacial score (nSPS) is 10.1. The van der Waals surface area contributed by atoms with Crippen LogP contribution in [0, 0.1) is 5.82 Å². The fourth-order valence-corrected chi connectivity index (χ4v) is 2.14. The van der Waals surface area contributed by atoms with Gasteiger partial charge in [-0.3, -0.25) is 4.79 Å². The Bertz CT molecular complexity index is 681. The minimum absolute atomic E-state index is 0.170. The molecule has 0 aliphatic rings. The molecular weight excluding hydrogens is 343 g/mol. The Hall–Kier alpha value is -2.19. The SMILES string of the molecule is COc1cc(Br)cc(NC(=O)c2ccnc(NN)c2F)c1. The highest BCUT2D eigenvalue weighted by molar-refractivity contribution is 9.10. The van der Waals surface area contributed by atoms with Crippen molar-refractivity contribution in [2.24, 2.45) is 5.84 Å². The third-order valence-electron chi connectivity index (χ3n) is 2.64. The number of nitrogens with zero attached hydrogens (tertiary/aromatic N) is 1. The molecule has 0 atom stereocenters. The van der Waals surface area contributed by atoms with Crippen molar-refractivity contribution in [1.82, 2.24) is 4.98 Å². The number of ether oxygens (including phenoxy) is 1. The van der Waals surface area contributed by atoms with Crippen molar-refractivity contribution in [3.63, 3.8) is 0 Å². The first kappa shape index (κ1) is 15.2. The lowest BCUT2D eigenvalue weighted by Crippen LogP contribution is -2.17. The first-order valence-corrected chi connectivity index (χ1v) is 6.61. The first-order valence-electron chi connectivity index (χ1n) is 5.82. The summed E-state index contributed by atoms with van der Waals surface area (Å²) in [5.74, 6) is 4.04. The van der Waals surface area contributed by atoms with E-state index in [2.05, 4.69) is 31.7 Å². The number of carbonyl (C=O) groups is 1. The van der Waals surface area contributed by atoms with Gasteiger partial charge in [-0.2, -0.15) is 0 Å². The number of aromatic nitrogens is 1. The van der Waals surface area contributed by atoms with E-state index in [4.69, 9.17) is 10.6 Å². The molecule has 8 heteroatoms. The number of nitrogen functional groups attached to an aromatic ring is 1. The van der Waals surface area contributed by atoms with E-state index in [1.807, 2.05) is 0 Å². The smallest absolute Gasteiger partial charge is 0.258 e. The van der Waals surface area contributed by atoms with E-state index in [1.165, 1.54) is 19.4 Å². The summed E-state index contributed by atoms with van der Waals surface area (Å²) in [6, 6.07) is 6.28. The number of hydrazine groups is 1. The standard InChI is InChI=1S/C13H12BrFN4O2/c1-21-9-5-7(14)4-8(6-9)18-13(20)10-2-3-17-12(19-16)11(10)15/h2-6H,16H2,1H3,(H,17,19)(H,18,20). The highest BCUT2D eigenvalue weighted by Crippen LogP contribution is 2.25. The third kappa shape index (κ3) is 3.47. The lowest BCUT2D eigenvalue weighted by atomic mass is 10.2. The fraction of sp³-hybridized carbons (Fsp3) is 0.0769. The zero-order chi connectivity index (χ0) is 15.4. The summed E-state index contributed by atoms with van der Waals surface area (Å²) in [5.41, 5.74) is 2.38. The average Bonchev–Trinajstić information content (AvgIpc) is 2.46. The molecule has 0 aliphatic heterocycles. The fourth-order valence-electron chi connectivity index (χ4n) is 1.67. The molecule has 0 fully saturated rings. The van der Waals surface area contributed by atoms with Crippen LogP contribution in [0.15, 0.2) is 34.9 Å². The van der Waals surface area contributed by atoms with Gasteiger partial charge >= 0.3 is 0 Å². The van der Waals surface area contributed by atoms with Crippen LogP contribution in [0.1, 0.15) is 10.4 Å². The van der Waals surface area contributed by atoms with Gasteiger partial charge in [-0.15, -0.1) is 0 Å². The minimum atomic E-state index is -0.820. The Morgan fingerprint density at radius 1 is 1.43 bits per heavy atom. The van der Waals surface area contributed by atoms with Crippen LogP contribution in [0.4, 0.5) is 15.9 Å². The van der Waals surface area contributed by atoms with Crippen LogP contribution < -0.4 is 21.3 Å². The Kier molecular flexibility index (Phi) is 4.71. The summed E-state index contributed by atoms with van der Waals surface area (Å²) in [4.78, 5) is 15.8. The summed E-state index contributed by atoms with van der Waals surface area (Å²) in [6.07, 6.45) is 1.29. The summed E-state index contributed by atoms with van der Waals surface area (Å²) < 4.78 is 19.8. The molecule has 2 aromatic rings. The maximum atomic E-state index is 14.0. The molecule has 0 radical (unpaired) electrons. The van der Waals surface area contributed by atoms with Crippen molar-refractivity contribution in [3.05, 3.63) is 46.3 Å². The number of hydrogen-bond acceptors (Lipinski definition) is 5. The Morgan fingerprint density at radius 3 is 2.86 bits per heavy atom. The third-order valence-corrected chi connectivity index (χ3v) is 3.09. The molecule has 0 saturated heterocycles. The van der Waals surface area contributed by atoms with Gasteiger partial charge in [0.25, 0.3) is 5.91 Å². The van der Waals surface area contributed by atoms with Crippen LogP contribution in [0.2, 0.25) is 0 Å². The average molecular weight is 355 g/mol. The zero-order valence-corrected chi connectivity index (χ0v) is 12.6. The van der Waals surface area contributed by atoms with Gasteiger partial charge < -0.3 is 15.5 Å². The largest absolute Gasteiger partial charge is 0.497 e. The van der Waals surface area contributed by atoms with Gasteiger partial charge in [-0.05, 0) is 18.2 Å². The van der Waals surface area contributed by atoms with Crippen LogP contribution in [0.3, 0.4) is 0 Å². The number of hydrogen-bond donors (Lipinski definition) is 3. The molecule has 1 amide bonds. The monoisotopic (exact) mass is 354 g/mol. The number of nitrogens with two attached hydrogens (primary N) is 1. The van der Waals surface area contributed by atoms with Crippen LogP contribution in [0.5, 0.6) is 5.75 Å². The van der Waals surface area contributed by atoms with Crippen LogP contribution >= 0.6 is 15.9 Å². The second kappa shape index (κ2) is 6.51. The molecule has 0 bridgehead atoms. The zero-order valence-electron chi connectivity index (χ0n) is 11.0. The molecule has 21 heavy (non-hydrogen) atoms. The summed E-state index contributed by atoms with van der Waals surface area (Å²) in [5, 5.41) is 2.58. The van der Waals surface area contributed by atoms with E-state index in [0.29, 0.717) is 11.4 Å². The molecule has 1 aromatic heterocycles. The highest BCUT2D eigenvalue weighted by atomic mass is 79.9. The van der Waals surface area contributed by atoms with Gasteiger partial charge in [0.05, 0.1) is 12.7 Å². The Labute approximate surface area is 128 Å². The maximum Gasteiger partial charge on any atom is 0.258 e. The van der Waals surface area contributed by atoms with E-state index in [9.17, 15) is 9.18 Å². The summed E-state index contributed by atoms with van der Waals surface area (Å²) in [6.45, 7) is 0. The molecule has 0 unspecified atom stereocenters. The topological polar surface area (TPSA) is 89.3 Å². The molecule has 110 valence electrons. The number of anilines is 2. The van der Waals surface area contributed by atoms with Crippen molar-refractivity contribution in [1.29, 1.82) is 0 Å². The van der Waals surface area contributed by atoms with Crippen molar-refractivity contribution in [2.45, 2.75) is 0 Å². The second-order valence-corrected chi connectivity index (χ2v) is 4.91. The summed E-state index contributed by atoms with van der Waals surface area (Å²) in [7, 11) is 1.51. The lowest BCUT2D eigenvalue weighted by Gasteiger charge is -2.10. The second-order valence-electron chi connectivity index (χ2n) is 4.00.